The predicted octanol–water partition coefficient (Wildman–Crippen LogP) is 14.9. The van der Waals surface area contributed by atoms with E-state index in [-0.39, 0.29) is 18.9 Å². The Morgan fingerprint density at radius 3 is 1.16 bits per heavy atom. The Kier molecular flexibility index (Phi) is 53.4. The van der Waals surface area contributed by atoms with Crippen LogP contribution in [0.5, 0.6) is 0 Å². The fourth-order valence-corrected chi connectivity index (χ4v) is 12.0. The summed E-state index contributed by atoms with van der Waals surface area (Å²) in [5, 5.41) is 87.5. The van der Waals surface area contributed by atoms with Crippen LogP contribution in [0.15, 0.2) is 36.5 Å². The molecular formula is C72H135NO13. The molecule has 2 saturated heterocycles. The second-order valence-electron chi connectivity index (χ2n) is 25.7. The van der Waals surface area contributed by atoms with Crippen molar-refractivity contribution in [2.75, 3.05) is 19.8 Å². The quantitative estimate of drug-likeness (QED) is 0.0204. The maximum Gasteiger partial charge on any atom is 0.220 e. The minimum Gasteiger partial charge on any atom is -0.394 e. The summed E-state index contributed by atoms with van der Waals surface area (Å²) in [6.45, 7) is 2.84. The molecule has 2 rings (SSSR count). The highest BCUT2D eigenvalue weighted by Crippen LogP contribution is 2.30. The monoisotopic (exact) mass is 1220 g/mol. The van der Waals surface area contributed by atoms with E-state index in [1.807, 2.05) is 6.08 Å². The molecule has 86 heavy (non-hydrogen) atoms. The van der Waals surface area contributed by atoms with Crippen molar-refractivity contribution in [3.05, 3.63) is 36.5 Å². The van der Waals surface area contributed by atoms with Crippen LogP contribution in [0, 0.1) is 0 Å². The lowest BCUT2D eigenvalue weighted by molar-refractivity contribution is -0.359. The van der Waals surface area contributed by atoms with Crippen LogP contribution in [-0.4, -0.2) is 140 Å². The van der Waals surface area contributed by atoms with Crippen LogP contribution in [0.1, 0.15) is 322 Å². The number of carbonyl (C=O) groups is 1. The molecular weight excluding hydrogens is 1090 g/mol. The molecule has 506 valence electrons. The first-order valence-electron chi connectivity index (χ1n) is 36.2. The van der Waals surface area contributed by atoms with Gasteiger partial charge < -0.3 is 65.1 Å². The largest absolute Gasteiger partial charge is 0.394 e. The molecule has 2 heterocycles. The Morgan fingerprint density at radius 1 is 0.419 bits per heavy atom. The highest BCUT2D eigenvalue weighted by atomic mass is 16.7. The number of aliphatic hydroxyl groups excluding tert-OH is 8. The van der Waals surface area contributed by atoms with E-state index in [1.54, 1.807) is 6.08 Å². The number of unbranched alkanes of at least 4 members (excludes halogenated alkanes) is 43. The van der Waals surface area contributed by atoms with Crippen molar-refractivity contribution in [2.45, 2.75) is 396 Å². The first-order chi connectivity index (χ1) is 42.1. The molecule has 2 fully saturated rings. The predicted molar refractivity (Wildman–Crippen MR) is 351 cm³/mol. The van der Waals surface area contributed by atoms with Crippen molar-refractivity contribution in [2.24, 2.45) is 0 Å². The van der Waals surface area contributed by atoms with Crippen molar-refractivity contribution in [1.29, 1.82) is 0 Å². The van der Waals surface area contributed by atoms with E-state index in [9.17, 15) is 45.6 Å². The van der Waals surface area contributed by atoms with Crippen LogP contribution >= 0.6 is 0 Å². The van der Waals surface area contributed by atoms with Gasteiger partial charge in [0.1, 0.15) is 48.8 Å². The third kappa shape index (κ3) is 40.8. The lowest BCUT2D eigenvalue weighted by Crippen LogP contribution is -2.65. The van der Waals surface area contributed by atoms with Gasteiger partial charge in [0.15, 0.2) is 12.6 Å². The molecule has 0 aromatic heterocycles. The Labute approximate surface area is 525 Å². The van der Waals surface area contributed by atoms with Gasteiger partial charge in [-0.1, -0.05) is 301 Å². The van der Waals surface area contributed by atoms with E-state index in [2.05, 4.69) is 43.5 Å². The molecule has 12 atom stereocenters. The van der Waals surface area contributed by atoms with Gasteiger partial charge in [0.25, 0.3) is 0 Å². The smallest absolute Gasteiger partial charge is 0.220 e. The second kappa shape index (κ2) is 57.1. The minimum atomic E-state index is -1.79. The van der Waals surface area contributed by atoms with E-state index >= 15 is 0 Å². The summed E-state index contributed by atoms with van der Waals surface area (Å²) in [5.41, 5.74) is 0. The maximum absolute atomic E-state index is 13.3. The fraction of sp³-hybridized carbons (Fsp3) is 0.903. The highest BCUT2D eigenvalue weighted by Gasteiger charge is 2.51. The van der Waals surface area contributed by atoms with E-state index < -0.39 is 86.8 Å². The second-order valence-corrected chi connectivity index (χ2v) is 25.7. The molecule has 0 saturated carbocycles. The third-order valence-electron chi connectivity index (χ3n) is 17.8. The lowest BCUT2D eigenvalue weighted by Gasteiger charge is -2.46. The molecule has 2 aliphatic heterocycles. The molecule has 14 nitrogen and oxygen atoms in total. The van der Waals surface area contributed by atoms with E-state index in [4.69, 9.17) is 18.9 Å². The fourth-order valence-electron chi connectivity index (χ4n) is 12.0. The number of nitrogens with one attached hydrogen (secondary N) is 1. The number of aliphatic hydroxyl groups is 8. The molecule has 14 heteroatoms. The zero-order valence-corrected chi connectivity index (χ0v) is 55.1. The number of hydrogen-bond acceptors (Lipinski definition) is 13. The summed E-state index contributed by atoms with van der Waals surface area (Å²) < 4.78 is 22.9. The van der Waals surface area contributed by atoms with Gasteiger partial charge in [-0.05, 0) is 51.4 Å². The van der Waals surface area contributed by atoms with Gasteiger partial charge in [-0.15, -0.1) is 0 Å². The van der Waals surface area contributed by atoms with Crippen molar-refractivity contribution >= 4 is 5.91 Å². The van der Waals surface area contributed by atoms with Gasteiger partial charge in [0.2, 0.25) is 5.91 Å². The molecule has 0 aromatic carbocycles. The van der Waals surface area contributed by atoms with E-state index in [1.165, 1.54) is 250 Å². The zero-order chi connectivity index (χ0) is 62.3. The van der Waals surface area contributed by atoms with Gasteiger partial charge in [-0.3, -0.25) is 4.79 Å². The molecule has 0 aliphatic carbocycles. The Hall–Kier alpha value is -1.79. The normalized spacial score (nSPS) is 23.6. The van der Waals surface area contributed by atoms with Crippen molar-refractivity contribution < 1.29 is 64.6 Å². The molecule has 1 amide bonds. The number of amides is 1. The number of allylic oxidation sites excluding steroid dienone is 5. The average Bonchev–Trinajstić information content (AvgIpc) is 2.53. The van der Waals surface area contributed by atoms with Crippen LogP contribution in [0.2, 0.25) is 0 Å². The summed E-state index contributed by atoms with van der Waals surface area (Å²) >= 11 is 0. The molecule has 9 N–H and O–H groups in total. The SMILES string of the molecule is CCCCCCC/C=C\C/C=C\CCCCCCCCCCCCCCCCCC(=O)NC(COC1OC(CO)C(OC2OC(CO)C(O)C(O)C2O)C(O)C1O)C(O)/C=C/CCCCCCCCCCCCCCCCCCCCCCCCC. The zero-order valence-electron chi connectivity index (χ0n) is 55.1. The van der Waals surface area contributed by atoms with Gasteiger partial charge in [0, 0.05) is 6.42 Å². The Balaban J connectivity index is 1.67. The number of carbonyl (C=O) groups excluding carboxylic acids is 1. The summed E-state index contributed by atoms with van der Waals surface area (Å²) in [7, 11) is 0. The summed E-state index contributed by atoms with van der Waals surface area (Å²) in [6, 6.07) is -0.915. The van der Waals surface area contributed by atoms with Crippen LogP contribution in [0.4, 0.5) is 0 Å². The van der Waals surface area contributed by atoms with Crippen molar-refractivity contribution in [3.8, 4) is 0 Å². The summed E-state index contributed by atoms with van der Waals surface area (Å²) in [4.78, 5) is 13.3. The molecule has 0 spiro atoms. The minimum absolute atomic E-state index is 0.234. The number of ether oxygens (including phenoxy) is 4. The van der Waals surface area contributed by atoms with Gasteiger partial charge in [-0.2, -0.15) is 0 Å². The molecule has 0 radical (unpaired) electrons. The van der Waals surface area contributed by atoms with Crippen molar-refractivity contribution in [3.63, 3.8) is 0 Å². The maximum atomic E-state index is 13.3. The molecule has 12 unspecified atom stereocenters. The molecule has 0 bridgehead atoms. The number of rotatable bonds is 60. The first kappa shape index (κ1) is 80.3. The third-order valence-corrected chi connectivity index (χ3v) is 17.8. The van der Waals surface area contributed by atoms with E-state index in [0.29, 0.717) is 6.42 Å². The summed E-state index contributed by atoms with van der Waals surface area (Å²) in [5.74, 6) is -0.234. The Morgan fingerprint density at radius 2 is 0.767 bits per heavy atom. The topological polar surface area (TPSA) is 228 Å². The van der Waals surface area contributed by atoms with Gasteiger partial charge >= 0.3 is 0 Å². The first-order valence-corrected chi connectivity index (χ1v) is 36.2. The standard InChI is InChI=1S/C72H135NO13/c1-3-5-7-9-11-13-15-17-19-21-23-25-27-29-30-32-34-36-38-40-42-44-46-48-50-52-54-56-64(77)73-60(59-83-71-69(82)67(80)70(63(58-75)85-71)86-72-68(81)66(79)65(78)62(57-74)84-72)61(76)55-53-51-49-47-45-43-41-39-37-35-33-31-28-26-24-22-20-18-16-14-12-10-8-6-4-2/h15,17,21,23,53,55,60-63,65-72,74-76,78-82H,3-14,16,18-20,22,24-52,54,56-59H2,1-2H3,(H,73,77)/b17-15-,23-21-,55-53+. The number of hydrogen-bond donors (Lipinski definition) is 9. The van der Waals surface area contributed by atoms with Crippen LogP contribution in [0.25, 0.3) is 0 Å². The van der Waals surface area contributed by atoms with Gasteiger partial charge in [0.05, 0.1) is 32.0 Å². The van der Waals surface area contributed by atoms with Crippen LogP contribution in [-0.2, 0) is 23.7 Å². The average molecular weight is 1220 g/mol. The summed E-state index contributed by atoms with van der Waals surface area (Å²) in [6.07, 6.45) is 56.2. The van der Waals surface area contributed by atoms with E-state index in [0.717, 1.165) is 44.9 Å². The highest BCUT2D eigenvalue weighted by molar-refractivity contribution is 5.76. The van der Waals surface area contributed by atoms with Crippen molar-refractivity contribution in [1.82, 2.24) is 5.32 Å². The van der Waals surface area contributed by atoms with Gasteiger partial charge in [-0.25, -0.2) is 0 Å². The molecule has 2 aliphatic rings. The van der Waals surface area contributed by atoms with Crippen LogP contribution < -0.4 is 5.32 Å². The van der Waals surface area contributed by atoms with Crippen LogP contribution in [0.3, 0.4) is 0 Å². The molecule has 0 aromatic rings. The Bertz CT molecular complexity index is 1580. The lowest BCUT2D eigenvalue weighted by atomic mass is 9.97.